The number of anilines is 1. The standard InChI is InChI=1S/C17H15ClN2O5S/c1-20(25-26(22)23)16-8-5-12(9-14(16)17(21)24-2)15(10-19)11-3-6-13(18)7-4-11/h3-9,15H,1-2H3,(H,22,23)/p-1. The zero-order valence-electron chi connectivity index (χ0n) is 13.8. The lowest BCUT2D eigenvalue weighted by atomic mass is 9.91. The number of carbonyl (C=O) groups excluding carboxylic acids is 1. The first-order valence-electron chi connectivity index (χ1n) is 7.26. The molecule has 0 aliphatic heterocycles. The molecule has 2 aromatic rings. The van der Waals surface area contributed by atoms with E-state index in [0.717, 1.165) is 5.06 Å². The van der Waals surface area contributed by atoms with E-state index < -0.39 is 23.2 Å². The van der Waals surface area contributed by atoms with Gasteiger partial charge >= 0.3 is 5.97 Å². The van der Waals surface area contributed by atoms with Crippen LogP contribution in [0.2, 0.25) is 5.02 Å². The van der Waals surface area contributed by atoms with Crippen molar-refractivity contribution < 1.29 is 22.6 Å². The van der Waals surface area contributed by atoms with Crippen LogP contribution in [0.3, 0.4) is 0 Å². The van der Waals surface area contributed by atoms with Crippen molar-refractivity contribution in [2.75, 3.05) is 19.2 Å². The first-order valence-corrected chi connectivity index (χ1v) is 8.64. The molecular weight excluding hydrogens is 380 g/mol. The van der Waals surface area contributed by atoms with Gasteiger partial charge in [0.25, 0.3) is 0 Å². The number of rotatable bonds is 6. The summed E-state index contributed by atoms with van der Waals surface area (Å²) >= 11 is 3.07. The fraction of sp³-hybridized carbons (Fsp3) is 0.176. The Morgan fingerprint density at radius 3 is 2.42 bits per heavy atom. The number of nitrogens with zero attached hydrogens (tertiary/aromatic N) is 2. The van der Waals surface area contributed by atoms with Crippen LogP contribution in [0.15, 0.2) is 42.5 Å². The summed E-state index contributed by atoms with van der Waals surface area (Å²) in [5, 5.41) is 11.0. The summed E-state index contributed by atoms with van der Waals surface area (Å²) in [5.74, 6) is -1.34. The molecular formula is C17H14ClN2O5S-. The normalized spacial score (nSPS) is 12.7. The lowest BCUT2D eigenvalue weighted by molar-refractivity contribution is 0.0600. The average Bonchev–Trinajstić information content (AvgIpc) is 2.62. The van der Waals surface area contributed by atoms with E-state index in [1.807, 2.05) is 0 Å². The summed E-state index contributed by atoms with van der Waals surface area (Å²) in [6.07, 6.45) is 0. The average molecular weight is 394 g/mol. The predicted octanol–water partition coefficient (Wildman–Crippen LogP) is 2.94. The zero-order valence-corrected chi connectivity index (χ0v) is 15.4. The van der Waals surface area contributed by atoms with Gasteiger partial charge in [-0.3, -0.25) is 0 Å². The Hall–Kier alpha value is -2.44. The number of carbonyl (C=O) groups is 1. The lowest BCUT2D eigenvalue weighted by Gasteiger charge is -2.22. The zero-order chi connectivity index (χ0) is 19.3. The van der Waals surface area contributed by atoms with Gasteiger partial charge in [0.1, 0.15) is 11.4 Å². The minimum atomic E-state index is -2.81. The molecule has 0 aliphatic rings. The van der Waals surface area contributed by atoms with E-state index in [1.54, 1.807) is 30.3 Å². The number of ether oxygens (including phenoxy) is 1. The maximum atomic E-state index is 12.1. The Bertz CT molecular complexity index is 866. The van der Waals surface area contributed by atoms with E-state index in [0.29, 0.717) is 16.1 Å². The monoisotopic (exact) mass is 393 g/mol. The quantitative estimate of drug-likeness (QED) is 0.422. The summed E-state index contributed by atoms with van der Waals surface area (Å²) in [4.78, 5) is 12.1. The minimum absolute atomic E-state index is 0.0622. The Kier molecular flexibility index (Phi) is 6.71. The van der Waals surface area contributed by atoms with E-state index in [1.165, 1.54) is 26.3 Å². The number of methoxy groups -OCH3 is 1. The van der Waals surface area contributed by atoms with Crippen LogP contribution in [0.25, 0.3) is 0 Å². The Morgan fingerprint density at radius 1 is 1.27 bits per heavy atom. The van der Waals surface area contributed by atoms with Gasteiger partial charge in [0, 0.05) is 12.1 Å². The van der Waals surface area contributed by atoms with E-state index in [9.17, 15) is 18.8 Å². The highest BCUT2D eigenvalue weighted by molar-refractivity contribution is 7.74. The van der Waals surface area contributed by atoms with Gasteiger partial charge in [-0.2, -0.15) is 9.55 Å². The van der Waals surface area contributed by atoms with E-state index in [2.05, 4.69) is 10.4 Å². The third kappa shape index (κ3) is 4.59. The van der Waals surface area contributed by atoms with Crippen LogP contribution in [-0.4, -0.2) is 28.9 Å². The topological polar surface area (TPSA) is 103 Å². The van der Waals surface area contributed by atoms with Crippen LogP contribution in [0.5, 0.6) is 0 Å². The van der Waals surface area contributed by atoms with Gasteiger partial charge in [0.15, 0.2) is 0 Å². The molecule has 2 rings (SSSR count). The van der Waals surface area contributed by atoms with Crippen molar-refractivity contribution in [1.82, 2.24) is 0 Å². The van der Waals surface area contributed by atoms with Crippen molar-refractivity contribution >= 4 is 34.6 Å². The highest BCUT2D eigenvalue weighted by Gasteiger charge is 2.21. The smallest absolute Gasteiger partial charge is 0.340 e. The van der Waals surface area contributed by atoms with Crippen LogP contribution in [0, 0.1) is 11.3 Å². The molecule has 0 radical (unpaired) electrons. The predicted molar refractivity (Wildman–Crippen MR) is 95.1 cm³/mol. The second-order valence-corrected chi connectivity index (χ2v) is 6.15. The van der Waals surface area contributed by atoms with Gasteiger partial charge < -0.3 is 9.29 Å². The number of hydroxylamine groups is 1. The number of halogens is 1. The fourth-order valence-electron chi connectivity index (χ4n) is 2.41. The second-order valence-electron chi connectivity index (χ2n) is 5.16. The molecule has 0 aliphatic carbocycles. The maximum absolute atomic E-state index is 12.1. The van der Waals surface area contributed by atoms with Gasteiger partial charge in [0.2, 0.25) is 0 Å². The number of hydrogen-bond donors (Lipinski definition) is 0. The molecule has 0 aromatic heterocycles. The van der Waals surface area contributed by atoms with Gasteiger partial charge in [-0.1, -0.05) is 29.8 Å². The van der Waals surface area contributed by atoms with Crippen molar-refractivity contribution in [3.63, 3.8) is 0 Å². The van der Waals surface area contributed by atoms with Crippen molar-refractivity contribution in [3.05, 3.63) is 64.2 Å². The van der Waals surface area contributed by atoms with Crippen molar-refractivity contribution in [2.45, 2.75) is 5.92 Å². The van der Waals surface area contributed by atoms with Crippen molar-refractivity contribution in [1.29, 1.82) is 5.26 Å². The van der Waals surface area contributed by atoms with E-state index in [-0.39, 0.29) is 11.3 Å². The number of nitriles is 1. The highest BCUT2D eigenvalue weighted by atomic mass is 35.5. The maximum Gasteiger partial charge on any atom is 0.340 e. The lowest BCUT2D eigenvalue weighted by Crippen LogP contribution is -2.22. The molecule has 0 heterocycles. The molecule has 9 heteroatoms. The summed E-state index contributed by atoms with van der Waals surface area (Å²) in [7, 11) is 2.53. The largest absolute Gasteiger partial charge is 0.748 e. The molecule has 0 spiro atoms. The van der Waals surface area contributed by atoms with Crippen molar-refractivity contribution in [3.8, 4) is 6.07 Å². The molecule has 136 valence electrons. The van der Waals surface area contributed by atoms with Gasteiger partial charge in [0.05, 0.1) is 30.3 Å². The Morgan fingerprint density at radius 2 is 1.88 bits per heavy atom. The first kappa shape index (κ1) is 19.9. The van der Waals surface area contributed by atoms with Crippen LogP contribution < -0.4 is 5.06 Å². The van der Waals surface area contributed by atoms with Crippen LogP contribution in [0.4, 0.5) is 5.69 Å². The van der Waals surface area contributed by atoms with E-state index >= 15 is 0 Å². The van der Waals surface area contributed by atoms with Gasteiger partial charge in [-0.15, -0.1) is 0 Å². The molecule has 0 saturated heterocycles. The SMILES string of the molecule is COC(=O)c1cc(C(C#N)c2ccc(Cl)cc2)ccc1N(C)OS(=O)[O-]. The first-order chi connectivity index (χ1) is 12.4. The van der Waals surface area contributed by atoms with Crippen LogP contribution in [-0.2, 0) is 20.4 Å². The third-order valence-corrected chi connectivity index (χ3v) is 4.20. The summed E-state index contributed by atoms with van der Waals surface area (Å²) in [6.45, 7) is 0. The minimum Gasteiger partial charge on any atom is -0.748 e. The van der Waals surface area contributed by atoms with Gasteiger partial charge in [-0.25, -0.2) is 14.1 Å². The fourth-order valence-corrected chi connectivity index (χ4v) is 2.80. The van der Waals surface area contributed by atoms with Crippen LogP contribution >= 0.6 is 11.6 Å². The highest BCUT2D eigenvalue weighted by Crippen LogP contribution is 2.30. The molecule has 2 atom stereocenters. The number of esters is 1. The second kappa shape index (κ2) is 8.78. The molecule has 0 fully saturated rings. The summed E-state index contributed by atoms with van der Waals surface area (Å²) in [5.41, 5.74) is 1.48. The third-order valence-electron chi connectivity index (χ3n) is 3.60. The van der Waals surface area contributed by atoms with Gasteiger partial charge in [-0.05, 0) is 35.4 Å². The molecule has 26 heavy (non-hydrogen) atoms. The molecule has 2 aromatic carbocycles. The molecule has 7 nitrogen and oxygen atoms in total. The summed E-state index contributed by atoms with van der Waals surface area (Å²) < 4.78 is 30.8. The summed E-state index contributed by atoms with van der Waals surface area (Å²) in [6, 6.07) is 13.5. The Balaban J connectivity index is 2.50. The molecule has 0 amide bonds. The van der Waals surface area contributed by atoms with E-state index in [4.69, 9.17) is 16.3 Å². The molecule has 0 saturated carbocycles. The Labute approximate surface area is 158 Å². The van der Waals surface area contributed by atoms with Crippen molar-refractivity contribution in [2.24, 2.45) is 0 Å². The number of hydrogen-bond acceptors (Lipinski definition) is 7. The molecule has 0 bridgehead atoms. The molecule has 0 N–H and O–H groups in total. The van der Waals surface area contributed by atoms with Crippen LogP contribution in [0.1, 0.15) is 27.4 Å². The molecule has 2 unspecified atom stereocenters. The number of benzene rings is 2.